The minimum absolute atomic E-state index is 0. The molecule has 0 radical (unpaired) electrons. The van der Waals surface area contributed by atoms with Crippen LogP contribution in [0, 0.1) is 11.7 Å². The Labute approximate surface area is 197 Å². The fourth-order valence-corrected chi connectivity index (χ4v) is 3.95. The van der Waals surface area contributed by atoms with E-state index in [0.29, 0.717) is 30.9 Å². The topological polar surface area (TPSA) is 58.1 Å². The van der Waals surface area contributed by atoms with Gasteiger partial charge in [-0.25, -0.2) is 9.38 Å². The Morgan fingerprint density at radius 1 is 1.27 bits per heavy atom. The predicted molar refractivity (Wildman–Crippen MR) is 129 cm³/mol. The summed E-state index contributed by atoms with van der Waals surface area (Å²) >= 11 is 0. The second-order valence-electron chi connectivity index (χ2n) is 7.84. The molecule has 6 nitrogen and oxygen atoms in total. The van der Waals surface area contributed by atoms with E-state index in [0.717, 1.165) is 63.8 Å². The molecule has 1 unspecified atom stereocenters. The summed E-state index contributed by atoms with van der Waals surface area (Å²) in [5.41, 5.74) is 0.830. The smallest absolute Gasteiger partial charge is 0.191 e. The first-order chi connectivity index (χ1) is 14.2. The van der Waals surface area contributed by atoms with Crippen molar-refractivity contribution in [1.82, 2.24) is 15.5 Å². The summed E-state index contributed by atoms with van der Waals surface area (Å²) in [5, 5.41) is 6.86. The van der Waals surface area contributed by atoms with Crippen LogP contribution in [0.5, 0.6) is 5.75 Å². The van der Waals surface area contributed by atoms with Crippen molar-refractivity contribution in [2.45, 2.75) is 45.7 Å². The van der Waals surface area contributed by atoms with Crippen LogP contribution in [0.2, 0.25) is 0 Å². The fraction of sp³-hybridized carbons (Fsp3) is 0.682. The van der Waals surface area contributed by atoms with Crippen LogP contribution in [-0.4, -0.2) is 62.9 Å². The Balaban J connectivity index is 0.00000320. The van der Waals surface area contributed by atoms with Gasteiger partial charge in [0.1, 0.15) is 0 Å². The molecule has 0 saturated carbocycles. The molecule has 2 saturated heterocycles. The van der Waals surface area contributed by atoms with Gasteiger partial charge in [-0.2, -0.15) is 0 Å². The molecule has 1 aromatic rings. The van der Waals surface area contributed by atoms with Gasteiger partial charge in [0.25, 0.3) is 0 Å². The molecule has 0 aromatic heterocycles. The Bertz CT molecular complexity index is 663. The van der Waals surface area contributed by atoms with Gasteiger partial charge in [-0.05, 0) is 56.7 Å². The lowest BCUT2D eigenvalue weighted by Crippen LogP contribution is -2.49. The molecule has 2 fully saturated rings. The zero-order valence-electron chi connectivity index (χ0n) is 18.2. The summed E-state index contributed by atoms with van der Waals surface area (Å²) in [6, 6.07) is 5.46. The Hall–Kier alpha value is -1.13. The molecule has 0 bridgehead atoms. The van der Waals surface area contributed by atoms with Crippen molar-refractivity contribution < 1.29 is 13.9 Å². The first kappa shape index (κ1) is 25.1. The lowest BCUT2D eigenvalue weighted by atomic mass is 10.0. The van der Waals surface area contributed by atoms with E-state index in [1.165, 1.54) is 12.5 Å². The Morgan fingerprint density at radius 3 is 2.70 bits per heavy atom. The average Bonchev–Trinajstić information content (AvgIpc) is 3.23. The first-order valence-corrected chi connectivity index (χ1v) is 10.9. The van der Waals surface area contributed by atoms with Gasteiger partial charge in [-0.3, -0.25) is 0 Å². The number of hydrogen-bond donors (Lipinski definition) is 2. The molecular formula is C22H36FIN4O2. The minimum atomic E-state index is -0.336. The molecular weight excluding hydrogens is 498 g/mol. The molecule has 2 heterocycles. The zero-order chi connectivity index (χ0) is 20.5. The number of guanidine groups is 1. The number of piperidine rings is 1. The SMILES string of the molecule is CCNC(=NCc1ccc(OCC)c(F)c1)NC1CCN(CC2CCOC2)CC1.I. The van der Waals surface area contributed by atoms with Crippen molar-refractivity contribution in [3.8, 4) is 5.75 Å². The lowest BCUT2D eigenvalue weighted by Gasteiger charge is -2.34. The summed E-state index contributed by atoms with van der Waals surface area (Å²) in [7, 11) is 0. The van der Waals surface area contributed by atoms with E-state index < -0.39 is 0 Å². The van der Waals surface area contributed by atoms with E-state index in [1.807, 2.05) is 13.0 Å². The quantitative estimate of drug-likeness (QED) is 0.304. The molecule has 8 heteroatoms. The average molecular weight is 534 g/mol. The number of hydrogen-bond acceptors (Lipinski definition) is 4. The van der Waals surface area contributed by atoms with E-state index in [4.69, 9.17) is 9.47 Å². The van der Waals surface area contributed by atoms with Gasteiger partial charge in [0.2, 0.25) is 0 Å². The highest BCUT2D eigenvalue weighted by Crippen LogP contribution is 2.19. The van der Waals surface area contributed by atoms with Gasteiger partial charge < -0.3 is 25.0 Å². The van der Waals surface area contributed by atoms with Crippen molar-refractivity contribution in [3.05, 3.63) is 29.6 Å². The summed E-state index contributed by atoms with van der Waals surface area (Å²) in [5.74, 6) is 1.45. The normalized spacial score (nSPS) is 20.6. The maximum atomic E-state index is 14.0. The van der Waals surface area contributed by atoms with Crippen LogP contribution >= 0.6 is 24.0 Å². The third kappa shape index (κ3) is 7.85. The summed E-state index contributed by atoms with van der Waals surface area (Å²) in [6.07, 6.45) is 3.41. The molecule has 30 heavy (non-hydrogen) atoms. The lowest BCUT2D eigenvalue weighted by molar-refractivity contribution is 0.150. The van der Waals surface area contributed by atoms with Crippen LogP contribution in [0.15, 0.2) is 23.2 Å². The van der Waals surface area contributed by atoms with Crippen LogP contribution in [0.4, 0.5) is 4.39 Å². The van der Waals surface area contributed by atoms with E-state index in [2.05, 4.69) is 27.4 Å². The first-order valence-electron chi connectivity index (χ1n) is 10.9. The van der Waals surface area contributed by atoms with Crippen molar-refractivity contribution in [3.63, 3.8) is 0 Å². The van der Waals surface area contributed by atoms with Crippen LogP contribution in [0.3, 0.4) is 0 Å². The van der Waals surface area contributed by atoms with Crippen LogP contribution < -0.4 is 15.4 Å². The van der Waals surface area contributed by atoms with Crippen LogP contribution in [-0.2, 0) is 11.3 Å². The second-order valence-corrected chi connectivity index (χ2v) is 7.84. The van der Waals surface area contributed by atoms with Crippen molar-refractivity contribution in [1.29, 1.82) is 0 Å². The summed E-state index contributed by atoms with van der Waals surface area (Å²) < 4.78 is 24.8. The molecule has 0 spiro atoms. The number of rotatable bonds is 8. The molecule has 0 amide bonds. The fourth-order valence-electron chi connectivity index (χ4n) is 3.95. The van der Waals surface area contributed by atoms with Gasteiger partial charge in [0, 0.05) is 38.8 Å². The second kappa shape index (κ2) is 13.3. The Morgan fingerprint density at radius 2 is 2.07 bits per heavy atom. The largest absolute Gasteiger partial charge is 0.491 e. The van der Waals surface area contributed by atoms with Gasteiger partial charge in [-0.15, -0.1) is 24.0 Å². The predicted octanol–water partition coefficient (Wildman–Crippen LogP) is 3.40. The van der Waals surface area contributed by atoms with Crippen LogP contribution in [0.1, 0.15) is 38.7 Å². The van der Waals surface area contributed by atoms with Gasteiger partial charge >= 0.3 is 0 Å². The van der Waals surface area contributed by atoms with Gasteiger partial charge in [-0.1, -0.05) is 6.07 Å². The molecule has 1 aromatic carbocycles. The minimum Gasteiger partial charge on any atom is -0.491 e. The molecule has 2 aliphatic heterocycles. The van der Waals surface area contributed by atoms with Gasteiger partial charge in [0.15, 0.2) is 17.5 Å². The highest BCUT2D eigenvalue weighted by Gasteiger charge is 2.24. The maximum absolute atomic E-state index is 14.0. The van der Waals surface area contributed by atoms with E-state index >= 15 is 0 Å². The van der Waals surface area contributed by atoms with Crippen molar-refractivity contribution in [2.75, 3.05) is 46.0 Å². The standard InChI is InChI=1S/C22H35FN4O2.HI/c1-3-24-22(25-14-17-5-6-21(29-4-2)20(23)13-17)26-19-7-10-27(11-8-19)15-18-9-12-28-16-18;/h5-6,13,18-19H,3-4,7-12,14-16H2,1-2H3,(H2,24,25,26);1H. The highest BCUT2D eigenvalue weighted by molar-refractivity contribution is 14.0. The van der Waals surface area contributed by atoms with Gasteiger partial charge in [0.05, 0.1) is 19.8 Å². The number of nitrogens with one attached hydrogen (secondary N) is 2. The molecule has 170 valence electrons. The molecule has 1 atom stereocenters. The Kier molecular flexibility index (Phi) is 11.2. The summed E-state index contributed by atoms with van der Waals surface area (Å²) in [6.45, 7) is 10.8. The monoisotopic (exact) mass is 534 g/mol. The molecule has 0 aliphatic carbocycles. The molecule has 2 N–H and O–H groups in total. The number of likely N-dealkylation sites (tertiary alicyclic amines) is 1. The number of aliphatic imine (C=N–C) groups is 1. The van der Waals surface area contributed by atoms with E-state index in [-0.39, 0.29) is 29.8 Å². The summed E-state index contributed by atoms with van der Waals surface area (Å²) in [4.78, 5) is 7.21. The van der Waals surface area contributed by atoms with E-state index in [1.54, 1.807) is 6.07 Å². The zero-order valence-corrected chi connectivity index (χ0v) is 20.5. The number of benzene rings is 1. The number of ether oxygens (including phenoxy) is 2. The third-order valence-electron chi connectivity index (χ3n) is 5.53. The van der Waals surface area contributed by atoms with Crippen molar-refractivity contribution in [2.24, 2.45) is 10.9 Å². The third-order valence-corrected chi connectivity index (χ3v) is 5.53. The van der Waals surface area contributed by atoms with Crippen molar-refractivity contribution >= 4 is 29.9 Å². The number of nitrogens with zero attached hydrogens (tertiary/aromatic N) is 2. The number of halogens is 2. The van der Waals surface area contributed by atoms with Crippen LogP contribution in [0.25, 0.3) is 0 Å². The highest BCUT2D eigenvalue weighted by atomic mass is 127. The molecule has 3 rings (SSSR count). The van der Waals surface area contributed by atoms with E-state index in [9.17, 15) is 4.39 Å². The molecule has 2 aliphatic rings. The maximum Gasteiger partial charge on any atom is 0.191 e.